The maximum atomic E-state index is 12.2. The number of rotatable bonds is 11. The van der Waals surface area contributed by atoms with Crippen LogP contribution < -0.4 is 4.74 Å². The molecular formula is C20H33NO2S. The van der Waals surface area contributed by atoms with Gasteiger partial charge >= 0.3 is 0 Å². The van der Waals surface area contributed by atoms with Gasteiger partial charge in [-0.2, -0.15) is 11.8 Å². The van der Waals surface area contributed by atoms with Gasteiger partial charge in [0, 0.05) is 24.1 Å². The van der Waals surface area contributed by atoms with Crippen molar-refractivity contribution in [1.29, 1.82) is 0 Å². The number of likely N-dealkylation sites (N-methyl/N-ethyl adjacent to an activating group) is 1. The number of hydrogen-bond donors (Lipinski definition) is 0. The first-order valence-corrected chi connectivity index (χ1v) is 9.86. The van der Waals surface area contributed by atoms with E-state index in [9.17, 15) is 4.79 Å². The lowest BCUT2D eigenvalue weighted by atomic mass is 10.0. The zero-order valence-electron chi connectivity index (χ0n) is 16.0. The number of carbonyl (C=O) groups is 1. The van der Waals surface area contributed by atoms with Crippen molar-refractivity contribution in [2.45, 2.75) is 39.4 Å². The quantitative estimate of drug-likeness (QED) is 0.579. The van der Waals surface area contributed by atoms with Gasteiger partial charge in [0.1, 0.15) is 18.1 Å². The van der Waals surface area contributed by atoms with E-state index in [0.717, 1.165) is 18.0 Å². The van der Waals surface area contributed by atoms with Gasteiger partial charge in [-0.15, -0.1) is 0 Å². The summed E-state index contributed by atoms with van der Waals surface area (Å²) in [5, 5.41) is 0.234. The lowest BCUT2D eigenvalue weighted by molar-refractivity contribution is -0.121. The van der Waals surface area contributed by atoms with E-state index in [2.05, 4.69) is 30.9 Å². The summed E-state index contributed by atoms with van der Waals surface area (Å²) in [5.74, 6) is 3.02. The van der Waals surface area contributed by atoms with Crippen molar-refractivity contribution in [3.8, 4) is 5.75 Å². The Kier molecular flexibility index (Phi) is 9.45. The Morgan fingerprint density at radius 1 is 1.12 bits per heavy atom. The van der Waals surface area contributed by atoms with E-state index in [1.54, 1.807) is 0 Å². The molecule has 136 valence electrons. The molecule has 1 aromatic carbocycles. The van der Waals surface area contributed by atoms with Gasteiger partial charge in [0.2, 0.25) is 0 Å². The Labute approximate surface area is 152 Å². The molecule has 1 atom stereocenters. The lowest BCUT2D eigenvalue weighted by Gasteiger charge is -2.19. The molecule has 1 aromatic rings. The monoisotopic (exact) mass is 351 g/mol. The molecule has 0 saturated carbocycles. The van der Waals surface area contributed by atoms with Gasteiger partial charge in [-0.25, -0.2) is 0 Å². The van der Waals surface area contributed by atoms with Crippen LogP contribution in [-0.2, 0) is 4.79 Å². The molecule has 0 spiro atoms. The third kappa shape index (κ3) is 8.20. The van der Waals surface area contributed by atoms with Crippen molar-refractivity contribution in [2.24, 2.45) is 11.8 Å². The maximum absolute atomic E-state index is 12.2. The zero-order chi connectivity index (χ0) is 18.1. The molecule has 0 N–H and O–H groups in total. The molecular weight excluding hydrogens is 318 g/mol. The third-order valence-corrected chi connectivity index (χ3v) is 5.42. The molecule has 0 aliphatic rings. The molecule has 0 amide bonds. The molecule has 3 nitrogen and oxygen atoms in total. The highest BCUT2D eigenvalue weighted by atomic mass is 32.2. The van der Waals surface area contributed by atoms with E-state index in [1.165, 1.54) is 5.56 Å². The van der Waals surface area contributed by atoms with Gasteiger partial charge < -0.3 is 9.64 Å². The third-order valence-electron chi connectivity index (χ3n) is 3.72. The number of nitrogens with zero attached hydrogens (tertiary/aromatic N) is 1. The molecule has 0 aromatic heterocycles. The lowest BCUT2D eigenvalue weighted by Crippen LogP contribution is -2.19. The van der Waals surface area contributed by atoms with Crippen molar-refractivity contribution in [1.82, 2.24) is 4.90 Å². The van der Waals surface area contributed by atoms with Crippen molar-refractivity contribution >= 4 is 17.5 Å². The Hall–Kier alpha value is -1.00. The topological polar surface area (TPSA) is 29.5 Å². The van der Waals surface area contributed by atoms with E-state index >= 15 is 0 Å². The fourth-order valence-electron chi connectivity index (χ4n) is 2.12. The van der Waals surface area contributed by atoms with Crippen LogP contribution in [0.4, 0.5) is 0 Å². The van der Waals surface area contributed by atoms with Crippen LogP contribution in [-0.4, -0.2) is 43.7 Å². The van der Waals surface area contributed by atoms with Crippen LogP contribution in [0.3, 0.4) is 0 Å². The Balaban J connectivity index is 2.72. The van der Waals surface area contributed by atoms with Gasteiger partial charge in [0.25, 0.3) is 0 Å². The minimum Gasteiger partial charge on any atom is -0.492 e. The highest BCUT2D eigenvalue weighted by Gasteiger charge is 2.19. The van der Waals surface area contributed by atoms with Crippen LogP contribution in [0.25, 0.3) is 0 Å². The summed E-state index contributed by atoms with van der Waals surface area (Å²) in [7, 11) is 4.07. The van der Waals surface area contributed by atoms with E-state index in [1.807, 2.05) is 51.8 Å². The summed E-state index contributed by atoms with van der Waals surface area (Å²) in [6.45, 7) is 9.98. The van der Waals surface area contributed by atoms with Gasteiger partial charge in [-0.05, 0) is 43.5 Å². The molecule has 1 rings (SSSR count). The molecule has 0 aliphatic carbocycles. The molecule has 0 heterocycles. The molecule has 0 bridgehead atoms. The first-order valence-electron chi connectivity index (χ1n) is 8.81. The highest BCUT2D eigenvalue weighted by Crippen LogP contribution is 2.35. The Bertz CT molecular complexity index is 483. The summed E-state index contributed by atoms with van der Waals surface area (Å²) >= 11 is 1.89. The van der Waals surface area contributed by atoms with Gasteiger partial charge in [-0.1, -0.05) is 39.8 Å². The number of thioether (sulfide) groups is 1. The zero-order valence-corrected chi connectivity index (χ0v) is 16.9. The molecule has 0 radical (unpaired) electrons. The second-order valence-electron chi connectivity index (χ2n) is 7.26. The van der Waals surface area contributed by atoms with Crippen molar-refractivity contribution < 1.29 is 9.53 Å². The first kappa shape index (κ1) is 21.0. The number of ether oxygens (including phenoxy) is 1. The average molecular weight is 352 g/mol. The van der Waals surface area contributed by atoms with E-state index in [-0.39, 0.29) is 11.2 Å². The normalized spacial score (nSPS) is 12.9. The molecule has 24 heavy (non-hydrogen) atoms. The van der Waals surface area contributed by atoms with Gasteiger partial charge in [-0.3, -0.25) is 4.79 Å². The Morgan fingerprint density at radius 2 is 1.75 bits per heavy atom. The van der Waals surface area contributed by atoms with Crippen LogP contribution in [0.1, 0.15) is 44.9 Å². The van der Waals surface area contributed by atoms with Crippen molar-refractivity contribution in [2.75, 3.05) is 33.0 Å². The summed E-state index contributed by atoms with van der Waals surface area (Å²) in [6.07, 6.45) is 0.607. The predicted octanol–water partition coefficient (Wildman–Crippen LogP) is 4.67. The van der Waals surface area contributed by atoms with Crippen LogP contribution >= 0.6 is 11.8 Å². The number of benzene rings is 1. The van der Waals surface area contributed by atoms with Crippen LogP contribution in [0.15, 0.2) is 24.3 Å². The molecule has 4 heteroatoms. The number of carbonyl (C=O) groups excluding carboxylic acids is 1. The molecule has 0 aliphatic heterocycles. The van der Waals surface area contributed by atoms with Crippen LogP contribution in [0.5, 0.6) is 5.75 Å². The largest absolute Gasteiger partial charge is 0.492 e. The van der Waals surface area contributed by atoms with Gasteiger partial charge in [0.05, 0.1) is 0 Å². The molecule has 0 saturated heterocycles. The van der Waals surface area contributed by atoms with Crippen LogP contribution in [0.2, 0.25) is 0 Å². The second kappa shape index (κ2) is 10.8. The minimum absolute atomic E-state index is 0.0980. The fourth-order valence-corrected chi connectivity index (χ4v) is 3.37. The van der Waals surface area contributed by atoms with E-state index in [0.29, 0.717) is 24.7 Å². The van der Waals surface area contributed by atoms with Gasteiger partial charge in [0.15, 0.2) is 0 Å². The van der Waals surface area contributed by atoms with Crippen molar-refractivity contribution in [3.05, 3.63) is 29.8 Å². The Morgan fingerprint density at radius 3 is 2.25 bits per heavy atom. The number of ketones is 1. The standard InChI is InChI=1S/C20H33NO2S/c1-15(2)14-24-20(13-19(22)16(3)4)17-7-9-18(10-8-17)23-12-11-21(5)6/h7-10,15-16,20H,11-14H2,1-6H3. The first-order chi connectivity index (χ1) is 11.3. The predicted molar refractivity (Wildman–Crippen MR) is 105 cm³/mol. The van der Waals surface area contributed by atoms with Crippen LogP contribution in [0, 0.1) is 11.8 Å². The van der Waals surface area contributed by atoms with Crippen molar-refractivity contribution in [3.63, 3.8) is 0 Å². The molecule has 0 fully saturated rings. The molecule has 1 unspecified atom stereocenters. The number of hydrogen-bond acceptors (Lipinski definition) is 4. The number of Topliss-reactive ketones (excluding diaryl/α,β-unsaturated/α-hetero) is 1. The maximum Gasteiger partial charge on any atom is 0.136 e. The summed E-state index contributed by atoms with van der Waals surface area (Å²) in [5.41, 5.74) is 1.22. The minimum atomic E-state index is 0.0980. The smallest absolute Gasteiger partial charge is 0.136 e. The highest BCUT2D eigenvalue weighted by molar-refractivity contribution is 7.99. The second-order valence-corrected chi connectivity index (χ2v) is 8.50. The fraction of sp³-hybridized carbons (Fsp3) is 0.650. The van der Waals surface area contributed by atoms with E-state index in [4.69, 9.17) is 4.74 Å². The summed E-state index contributed by atoms with van der Waals surface area (Å²) in [6, 6.07) is 8.26. The summed E-state index contributed by atoms with van der Waals surface area (Å²) < 4.78 is 5.75. The summed E-state index contributed by atoms with van der Waals surface area (Å²) in [4.78, 5) is 14.3. The van der Waals surface area contributed by atoms with E-state index < -0.39 is 0 Å². The SMILES string of the molecule is CC(C)CSC(CC(=O)C(C)C)c1ccc(OCCN(C)C)cc1. The average Bonchev–Trinajstić information content (AvgIpc) is 2.51.